The molecule has 4 heteroatoms. The molecule has 0 saturated carbocycles. The highest BCUT2D eigenvalue weighted by Gasteiger charge is 2.22. The van der Waals surface area contributed by atoms with Crippen molar-refractivity contribution in [2.75, 3.05) is 6.54 Å². The molecule has 0 aliphatic heterocycles. The summed E-state index contributed by atoms with van der Waals surface area (Å²) in [6, 6.07) is 3.57. The second-order valence-corrected chi connectivity index (χ2v) is 7.03. The van der Waals surface area contributed by atoms with E-state index in [2.05, 4.69) is 4.98 Å². The lowest BCUT2D eigenvalue weighted by molar-refractivity contribution is -0.126. The van der Waals surface area contributed by atoms with Crippen LogP contribution in [0.25, 0.3) is 0 Å². The molecule has 1 rings (SSSR count). The van der Waals surface area contributed by atoms with Crippen molar-refractivity contribution in [1.82, 2.24) is 4.98 Å². The molecule has 118 valence electrons. The maximum absolute atomic E-state index is 11.6. The molecule has 4 nitrogen and oxygen atoms in total. The molecule has 0 aliphatic rings. The Bertz CT molecular complexity index is 454. The first-order valence-corrected chi connectivity index (χ1v) is 7.18. The van der Waals surface area contributed by atoms with E-state index in [4.69, 9.17) is 5.73 Å². The Morgan fingerprint density at radius 1 is 1.10 bits per heavy atom. The molecule has 2 N–H and O–H groups in total. The van der Waals surface area contributed by atoms with Gasteiger partial charge in [-0.25, -0.2) is 0 Å². The summed E-state index contributed by atoms with van der Waals surface area (Å²) < 4.78 is 0. The van der Waals surface area contributed by atoms with Crippen LogP contribution >= 0.6 is 0 Å². The van der Waals surface area contributed by atoms with Gasteiger partial charge in [0.15, 0.2) is 5.78 Å². The average molecular weight is 292 g/mol. The van der Waals surface area contributed by atoms with Crippen molar-refractivity contribution in [2.24, 2.45) is 16.6 Å². The van der Waals surface area contributed by atoms with Crippen molar-refractivity contribution < 1.29 is 9.59 Å². The van der Waals surface area contributed by atoms with Crippen molar-refractivity contribution in [3.63, 3.8) is 0 Å². The predicted octanol–water partition coefficient (Wildman–Crippen LogP) is 3.26. The number of hydrogen-bond donors (Lipinski definition) is 1. The second kappa shape index (κ2) is 8.03. The Labute approximate surface area is 128 Å². The Kier molecular flexibility index (Phi) is 7.44. The van der Waals surface area contributed by atoms with Crippen molar-refractivity contribution >= 4 is 11.6 Å². The smallest absolute Gasteiger partial charge is 0.169 e. The fraction of sp³-hybridized carbons (Fsp3) is 0.588. The average Bonchev–Trinajstić information content (AvgIpc) is 2.38. The third-order valence-corrected chi connectivity index (χ3v) is 2.81. The van der Waals surface area contributed by atoms with Crippen LogP contribution in [-0.4, -0.2) is 23.1 Å². The first-order chi connectivity index (χ1) is 9.50. The molecule has 1 heterocycles. The lowest BCUT2D eigenvalue weighted by Gasteiger charge is -2.15. The maximum atomic E-state index is 11.6. The van der Waals surface area contributed by atoms with E-state index < -0.39 is 0 Å². The molecule has 0 aliphatic carbocycles. The van der Waals surface area contributed by atoms with Gasteiger partial charge in [-0.3, -0.25) is 14.6 Å². The zero-order chi connectivity index (χ0) is 16.7. The van der Waals surface area contributed by atoms with Gasteiger partial charge >= 0.3 is 0 Å². The summed E-state index contributed by atoms with van der Waals surface area (Å²) in [5.41, 5.74) is 5.37. The number of nitrogens with zero attached hydrogens (tertiary/aromatic N) is 1. The van der Waals surface area contributed by atoms with Crippen LogP contribution in [-0.2, 0) is 4.79 Å². The number of Topliss-reactive ketones (excluding diaryl/α,β-unsaturated/α-hetero) is 2. The van der Waals surface area contributed by atoms with E-state index in [9.17, 15) is 9.59 Å². The molecule has 0 bridgehead atoms. The van der Waals surface area contributed by atoms with Crippen molar-refractivity contribution in [3.8, 4) is 0 Å². The van der Waals surface area contributed by atoms with Gasteiger partial charge in [0.25, 0.3) is 0 Å². The van der Waals surface area contributed by atoms with E-state index in [1.54, 1.807) is 24.5 Å². The highest BCUT2D eigenvalue weighted by atomic mass is 16.1. The van der Waals surface area contributed by atoms with Gasteiger partial charge in [-0.2, -0.15) is 0 Å². The monoisotopic (exact) mass is 292 g/mol. The number of hydrogen-bond acceptors (Lipinski definition) is 4. The summed E-state index contributed by atoms with van der Waals surface area (Å²) in [5.74, 6) is 0.376. The predicted molar refractivity (Wildman–Crippen MR) is 86.2 cm³/mol. The van der Waals surface area contributed by atoms with E-state index in [0.29, 0.717) is 18.5 Å². The van der Waals surface area contributed by atoms with Crippen LogP contribution in [0, 0.1) is 10.8 Å². The first kappa shape index (κ1) is 19.4. The number of nitrogens with two attached hydrogens (primary N) is 1. The summed E-state index contributed by atoms with van der Waals surface area (Å²) in [5, 5.41) is 0. The Balaban J connectivity index is 0.000000400. The lowest BCUT2D eigenvalue weighted by Crippen LogP contribution is -2.22. The maximum Gasteiger partial charge on any atom is 0.169 e. The Morgan fingerprint density at radius 3 is 1.95 bits per heavy atom. The van der Waals surface area contributed by atoms with Crippen LogP contribution in [0.3, 0.4) is 0 Å². The largest absolute Gasteiger partial charge is 0.330 e. The van der Waals surface area contributed by atoms with E-state index in [-0.39, 0.29) is 22.4 Å². The molecule has 0 fully saturated rings. The van der Waals surface area contributed by atoms with Gasteiger partial charge in [-0.05, 0) is 18.7 Å². The third kappa shape index (κ3) is 7.71. The van der Waals surface area contributed by atoms with Crippen LogP contribution in [0.15, 0.2) is 24.5 Å². The molecule has 0 unspecified atom stereocenters. The molecular formula is C17H28N2O2. The summed E-state index contributed by atoms with van der Waals surface area (Å²) in [6.45, 7) is 11.9. The Morgan fingerprint density at radius 2 is 1.67 bits per heavy atom. The van der Waals surface area contributed by atoms with Crippen molar-refractivity contribution in [3.05, 3.63) is 30.1 Å². The zero-order valence-corrected chi connectivity index (χ0v) is 14.1. The fourth-order valence-electron chi connectivity index (χ4n) is 1.44. The molecule has 0 radical (unpaired) electrons. The van der Waals surface area contributed by atoms with E-state index in [1.165, 1.54) is 0 Å². The fourth-order valence-corrected chi connectivity index (χ4v) is 1.44. The molecule has 0 saturated heterocycles. The normalized spacial score (nSPS) is 11.4. The van der Waals surface area contributed by atoms with Gasteiger partial charge in [0.2, 0.25) is 0 Å². The van der Waals surface area contributed by atoms with Gasteiger partial charge in [-0.1, -0.05) is 41.5 Å². The van der Waals surface area contributed by atoms with Gasteiger partial charge in [0.1, 0.15) is 5.78 Å². The summed E-state index contributed by atoms with van der Waals surface area (Å²) in [4.78, 5) is 26.5. The summed E-state index contributed by atoms with van der Waals surface area (Å²) in [6.07, 6.45) is 3.77. The van der Waals surface area contributed by atoms with Crippen molar-refractivity contribution in [2.45, 2.75) is 48.0 Å². The number of aromatic nitrogens is 1. The lowest BCUT2D eigenvalue weighted by atomic mass is 9.87. The topological polar surface area (TPSA) is 73.1 Å². The summed E-state index contributed by atoms with van der Waals surface area (Å²) in [7, 11) is 0. The van der Waals surface area contributed by atoms with E-state index in [0.717, 1.165) is 0 Å². The van der Waals surface area contributed by atoms with Gasteiger partial charge in [0, 0.05) is 35.2 Å². The number of rotatable bonds is 3. The quantitative estimate of drug-likeness (QED) is 0.868. The zero-order valence-electron chi connectivity index (χ0n) is 14.1. The van der Waals surface area contributed by atoms with E-state index >= 15 is 0 Å². The molecule has 0 amide bonds. The van der Waals surface area contributed by atoms with Crippen LogP contribution < -0.4 is 5.73 Å². The van der Waals surface area contributed by atoms with Gasteiger partial charge in [-0.15, -0.1) is 0 Å². The minimum Gasteiger partial charge on any atom is -0.330 e. The molecule has 21 heavy (non-hydrogen) atoms. The highest BCUT2D eigenvalue weighted by molar-refractivity contribution is 5.99. The van der Waals surface area contributed by atoms with Crippen molar-refractivity contribution in [1.29, 1.82) is 0 Å². The minimum absolute atomic E-state index is 0.135. The van der Waals surface area contributed by atoms with Crippen LogP contribution in [0.5, 0.6) is 0 Å². The molecule has 0 atom stereocenters. The summed E-state index contributed by atoms with van der Waals surface area (Å²) >= 11 is 0. The van der Waals surface area contributed by atoms with Crippen LogP contribution in [0.1, 0.15) is 58.3 Å². The molecule has 0 aromatic carbocycles. The first-order valence-electron chi connectivity index (χ1n) is 7.18. The van der Waals surface area contributed by atoms with Gasteiger partial charge in [0.05, 0.1) is 0 Å². The SMILES string of the molecule is CC(C)(C)C(=O)CCN.CC(C)(C)C(=O)c1cccnc1. The molecule has 1 aromatic heterocycles. The molecule has 1 aromatic rings. The number of pyridine rings is 1. The standard InChI is InChI=1S/C10H13NO.C7H15NO/c1-10(2,3)9(12)8-5-4-6-11-7-8;1-7(2,3)6(9)4-5-8/h4-7H,1-3H3;4-5,8H2,1-3H3. The number of carbonyl (C=O) groups excluding carboxylic acids is 2. The number of ketones is 2. The Hall–Kier alpha value is -1.55. The highest BCUT2D eigenvalue weighted by Crippen LogP contribution is 2.19. The van der Waals surface area contributed by atoms with E-state index in [1.807, 2.05) is 41.5 Å². The van der Waals surface area contributed by atoms with Crippen LogP contribution in [0.2, 0.25) is 0 Å². The van der Waals surface area contributed by atoms with Crippen LogP contribution in [0.4, 0.5) is 0 Å². The second-order valence-electron chi connectivity index (χ2n) is 7.03. The third-order valence-electron chi connectivity index (χ3n) is 2.81. The molecule has 0 spiro atoms. The number of carbonyl (C=O) groups is 2. The minimum atomic E-state index is -0.316. The van der Waals surface area contributed by atoms with Gasteiger partial charge < -0.3 is 5.73 Å². The molecular weight excluding hydrogens is 264 g/mol.